The van der Waals surface area contributed by atoms with Gasteiger partial charge < -0.3 is 4.90 Å². The van der Waals surface area contributed by atoms with Crippen LogP contribution in [0.25, 0.3) is 11.0 Å². The first kappa shape index (κ1) is 15.5. The second-order valence-corrected chi connectivity index (χ2v) is 6.58. The molecule has 0 N–H and O–H groups in total. The van der Waals surface area contributed by atoms with Crippen molar-refractivity contribution in [3.8, 4) is 0 Å². The van der Waals surface area contributed by atoms with Crippen LogP contribution < -0.4 is 0 Å². The molecule has 1 saturated heterocycles. The first-order chi connectivity index (χ1) is 10.9. The van der Waals surface area contributed by atoms with Crippen molar-refractivity contribution in [3.05, 3.63) is 24.3 Å². The molecule has 1 aromatic heterocycles. The maximum atomic E-state index is 4.26. The van der Waals surface area contributed by atoms with Crippen molar-refractivity contribution in [2.24, 2.45) is 5.92 Å². The van der Waals surface area contributed by atoms with Gasteiger partial charge in [0.15, 0.2) is 0 Å². The van der Waals surface area contributed by atoms with E-state index in [0.717, 1.165) is 23.5 Å². The molecule has 0 unspecified atom stereocenters. The Kier molecular flexibility index (Phi) is 5.43. The molecule has 0 radical (unpaired) electrons. The largest absolute Gasteiger partial charge is 0.303 e. The van der Waals surface area contributed by atoms with E-state index in [2.05, 4.69) is 34.3 Å². The Labute approximate surface area is 133 Å². The summed E-state index contributed by atoms with van der Waals surface area (Å²) in [5.74, 6) is 0.989. The molecule has 120 valence electrons. The predicted octanol–water partition coefficient (Wildman–Crippen LogP) is 3.72. The maximum Gasteiger partial charge on any atom is 0.113 e. The van der Waals surface area contributed by atoms with Crippen LogP contribution in [-0.4, -0.2) is 39.5 Å². The van der Waals surface area contributed by atoms with Crippen LogP contribution in [0.4, 0.5) is 0 Å². The van der Waals surface area contributed by atoms with E-state index in [9.17, 15) is 0 Å². The average Bonchev–Trinajstić information content (AvgIpc) is 2.97. The second kappa shape index (κ2) is 7.73. The van der Waals surface area contributed by atoms with E-state index >= 15 is 0 Å². The van der Waals surface area contributed by atoms with Crippen LogP contribution in [0.5, 0.6) is 0 Å². The number of nitrogens with zero attached hydrogens (tertiary/aromatic N) is 4. The molecule has 22 heavy (non-hydrogen) atoms. The summed E-state index contributed by atoms with van der Waals surface area (Å²) >= 11 is 0. The molecule has 1 fully saturated rings. The van der Waals surface area contributed by atoms with Gasteiger partial charge in [-0.05, 0) is 63.4 Å². The number of aromatic nitrogens is 3. The van der Waals surface area contributed by atoms with Crippen molar-refractivity contribution >= 4 is 11.0 Å². The molecule has 0 amide bonds. The van der Waals surface area contributed by atoms with Gasteiger partial charge in [-0.2, -0.15) is 0 Å². The van der Waals surface area contributed by atoms with Crippen molar-refractivity contribution in [2.45, 2.75) is 52.0 Å². The summed E-state index contributed by atoms with van der Waals surface area (Å²) in [6.45, 7) is 7.13. The third-order valence-corrected chi connectivity index (χ3v) is 4.92. The highest BCUT2D eigenvalue weighted by Gasteiger charge is 2.17. The zero-order valence-electron chi connectivity index (χ0n) is 13.7. The van der Waals surface area contributed by atoms with Crippen LogP contribution in [0, 0.1) is 5.92 Å². The molecule has 2 aromatic rings. The zero-order chi connectivity index (χ0) is 15.2. The summed E-state index contributed by atoms with van der Waals surface area (Å²) in [5, 5.41) is 8.48. The molecule has 2 heterocycles. The minimum atomic E-state index is 0.979. The molecular formula is C18H28N4. The van der Waals surface area contributed by atoms with Gasteiger partial charge in [0, 0.05) is 6.54 Å². The minimum absolute atomic E-state index is 0.979. The fraction of sp³-hybridized carbons (Fsp3) is 0.667. The Morgan fingerprint density at radius 2 is 1.86 bits per heavy atom. The van der Waals surface area contributed by atoms with E-state index in [0.29, 0.717) is 0 Å². The third-order valence-electron chi connectivity index (χ3n) is 4.92. The van der Waals surface area contributed by atoms with Crippen molar-refractivity contribution in [1.82, 2.24) is 19.9 Å². The van der Waals surface area contributed by atoms with E-state index in [1.807, 2.05) is 16.8 Å². The zero-order valence-corrected chi connectivity index (χ0v) is 13.7. The van der Waals surface area contributed by atoms with Crippen LogP contribution >= 0.6 is 0 Å². The van der Waals surface area contributed by atoms with Gasteiger partial charge in [0.1, 0.15) is 5.52 Å². The van der Waals surface area contributed by atoms with E-state index in [4.69, 9.17) is 0 Å². The van der Waals surface area contributed by atoms with Gasteiger partial charge in [0.25, 0.3) is 0 Å². The number of aryl methyl sites for hydroxylation is 1. The standard InChI is InChI=1S/C18H28N4/c1-2-7-16-10-14-21(15-11-16)12-5-6-13-22-18-9-4-3-8-17(18)19-20-22/h3-4,8-9,16H,2,5-7,10-15H2,1H3. The predicted molar refractivity (Wildman–Crippen MR) is 90.8 cm³/mol. The summed E-state index contributed by atoms with van der Waals surface area (Å²) in [6, 6.07) is 8.21. The molecule has 1 aromatic carbocycles. The quantitative estimate of drug-likeness (QED) is 0.731. The van der Waals surface area contributed by atoms with Gasteiger partial charge >= 0.3 is 0 Å². The minimum Gasteiger partial charge on any atom is -0.303 e. The van der Waals surface area contributed by atoms with Crippen LogP contribution in [-0.2, 0) is 6.54 Å². The Hall–Kier alpha value is -1.42. The van der Waals surface area contributed by atoms with E-state index < -0.39 is 0 Å². The summed E-state index contributed by atoms with van der Waals surface area (Å²) in [7, 11) is 0. The molecule has 1 aliphatic rings. The third kappa shape index (κ3) is 3.86. The fourth-order valence-corrected chi connectivity index (χ4v) is 3.59. The number of piperidine rings is 1. The van der Waals surface area contributed by atoms with Gasteiger partial charge in [0.05, 0.1) is 5.52 Å². The van der Waals surface area contributed by atoms with Crippen molar-refractivity contribution < 1.29 is 0 Å². The van der Waals surface area contributed by atoms with Crippen LogP contribution in [0.15, 0.2) is 24.3 Å². The molecule has 0 aliphatic carbocycles. The highest BCUT2D eigenvalue weighted by molar-refractivity contribution is 5.73. The monoisotopic (exact) mass is 300 g/mol. The summed E-state index contributed by atoms with van der Waals surface area (Å²) in [5.41, 5.74) is 2.16. The van der Waals surface area contributed by atoms with Gasteiger partial charge in [0.2, 0.25) is 0 Å². The smallest absolute Gasteiger partial charge is 0.113 e. The average molecular weight is 300 g/mol. The Morgan fingerprint density at radius 3 is 2.68 bits per heavy atom. The second-order valence-electron chi connectivity index (χ2n) is 6.58. The van der Waals surface area contributed by atoms with E-state index in [1.165, 1.54) is 58.2 Å². The molecule has 4 heteroatoms. The van der Waals surface area contributed by atoms with Crippen molar-refractivity contribution in [3.63, 3.8) is 0 Å². The normalized spacial score (nSPS) is 17.3. The molecule has 0 saturated carbocycles. The van der Waals surface area contributed by atoms with E-state index in [-0.39, 0.29) is 0 Å². The summed E-state index contributed by atoms with van der Waals surface area (Å²) in [6.07, 6.45) is 8.02. The Morgan fingerprint density at radius 1 is 1.09 bits per heavy atom. The van der Waals surface area contributed by atoms with Crippen LogP contribution in [0.3, 0.4) is 0 Å². The number of unbranched alkanes of at least 4 members (excludes halogenated alkanes) is 1. The van der Waals surface area contributed by atoms with Gasteiger partial charge in [-0.3, -0.25) is 0 Å². The number of benzene rings is 1. The van der Waals surface area contributed by atoms with Gasteiger partial charge in [-0.25, -0.2) is 4.68 Å². The molecule has 0 spiro atoms. The number of para-hydroxylation sites is 1. The molecule has 0 atom stereocenters. The number of hydrogen-bond donors (Lipinski definition) is 0. The highest BCUT2D eigenvalue weighted by atomic mass is 15.4. The number of rotatable bonds is 7. The lowest BCUT2D eigenvalue weighted by molar-refractivity contribution is 0.175. The molecular weight excluding hydrogens is 272 g/mol. The molecule has 4 nitrogen and oxygen atoms in total. The van der Waals surface area contributed by atoms with Crippen molar-refractivity contribution in [2.75, 3.05) is 19.6 Å². The summed E-state index contributed by atoms with van der Waals surface area (Å²) in [4.78, 5) is 2.64. The van der Waals surface area contributed by atoms with E-state index in [1.54, 1.807) is 0 Å². The number of fused-ring (bicyclic) bond motifs is 1. The van der Waals surface area contributed by atoms with Crippen molar-refractivity contribution in [1.29, 1.82) is 0 Å². The highest BCUT2D eigenvalue weighted by Crippen LogP contribution is 2.21. The molecule has 3 rings (SSSR count). The maximum absolute atomic E-state index is 4.26. The van der Waals surface area contributed by atoms with Crippen LogP contribution in [0.1, 0.15) is 45.4 Å². The Balaban J connectivity index is 1.37. The SMILES string of the molecule is CCCC1CCN(CCCCn2nnc3ccccc32)CC1. The first-order valence-electron chi connectivity index (χ1n) is 8.87. The van der Waals surface area contributed by atoms with Gasteiger partial charge in [-0.15, -0.1) is 5.10 Å². The molecule has 0 bridgehead atoms. The fourth-order valence-electron chi connectivity index (χ4n) is 3.59. The lowest BCUT2D eigenvalue weighted by atomic mass is 9.92. The van der Waals surface area contributed by atoms with Gasteiger partial charge in [-0.1, -0.05) is 37.1 Å². The summed E-state index contributed by atoms with van der Waals surface area (Å²) < 4.78 is 2.04. The Bertz CT molecular complexity index is 569. The number of likely N-dealkylation sites (tertiary alicyclic amines) is 1. The van der Waals surface area contributed by atoms with Crippen LogP contribution in [0.2, 0.25) is 0 Å². The lowest BCUT2D eigenvalue weighted by Crippen LogP contribution is -2.34. The number of hydrogen-bond acceptors (Lipinski definition) is 3. The lowest BCUT2D eigenvalue weighted by Gasteiger charge is -2.31. The first-order valence-corrected chi connectivity index (χ1v) is 8.87. The molecule has 1 aliphatic heterocycles. The topological polar surface area (TPSA) is 34.0 Å².